The van der Waals surface area contributed by atoms with Gasteiger partial charge in [-0.15, -0.1) is 0 Å². The highest BCUT2D eigenvalue weighted by Crippen LogP contribution is 2.34. The van der Waals surface area contributed by atoms with Crippen LogP contribution < -0.4 is 5.56 Å². The summed E-state index contributed by atoms with van der Waals surface area (Å²) < 4.78 is 28.8. The van der Waals surface area contributed by atoms with Crippen LogP contribution in [0.1, 0.15) is 28.5 Å². The number of benzene rings is 1. The summed E-state index contributed by atoms with van der Waals surface area (Å²) in [4.78, 5) is 25.8. The van der Waals surface area contributed by atoms with Crippen molar-refractivity contribution < 1.29 is 18.7 Å². The van der Waals surface area contributed by atoms with Gasteiger partial charge in [-0.05, 0) is 30.7 Å². The molecule has 0 spiro atoms. The van der Waals surface area contributed by atoms with Gasteiger partial charge < -0.3 is 14.6 Å². The third kappa shape index (κ3) is 2.82. The molecule has 24 heavy (non-hydrogen) atoms. The fourth-order valence-corrected chi connectivity index (χ4v) is 3.03. The molecule has 0 aliphatic carbocycles. The van der Waals surface area contributed by atoms with Gasteiger partial charge in [0.05, 0.1) is 12.1 Å². The Kier molecular flexibility index (Phi) is 4.19. The predicted octanol–water partition coefficient (Wildman–Crippen LogP) is 1.61. The average Bonchev–Trinajstić information content (AvgIpc) is 2.93. The van der Waals surface area contributed by atoms with Crippen LogP contribution in [-0.4, -0.2) is 33.1 Å². The zero-order valence-electron chi connectivity index (χ0n) is 12.9. The number of aliphatic hydroxyl groups excluding tert-OH is 1. The molecule has 0 saturated carbocycles. The second kappa shape index (κ2) is 6.16. The minimum absolute atomic E-state index is 0.0114. The highest BCUT2D eigenvalue weighted by molar-refractivity contribution is 5.93. The highest BCUT2D eigenvalue weighted by atomic mass is 19.1. The van der Waals surface area contributed by atoms with Crippen molar-refractivity contribution in [3.8, 4) is 0 Å². The molecule has 1 aromatic heterocycles. The van der Waals surface area contributed by atoms with Crippen LogP contribution in [0.15, 0.2) is 41.2 Å². The highest BCUT2D eigenvalue weighted by Gasteiger charge is 2.37. The molecular weight excluding hydrogens is 318 g/mol. The molecule has 1 fully saturated rings. The van der Waals surface area contributed by atoms with E-state index >= 15 is 0 Å². The molecule has 0 radical (unpaired) electrons. The Balaban J connectivity index is 2.02. The van der Waals surface area contributed by atoms with Gasteiger partial charge in [0.25, 0.3) is 11.5 Å². The van der Waals surface area contributed by atoms with Crippen molar-refractivity contribution in [2.45, 2.75) is 18.6 Å². The summed E-state index contributed by atoms with van der Waals surface area (Å²) in [6.45, 7) is -0.0114. The van der Waals surface area contributed by atoms with E-state index in [4.69, 9.17) is 0 Å². The van der Waals surface area contributed by atoms with Gasteiger partial charge in [0.15, 0.2) is 0 Å². The fourth-order valence-electron chi connectivity index (χ4n) is 3.03. The maximum atomic E-state index is 14.1. The predicted molar refractivity (Wildman–Crippen MR) is 82.4 cm³/mol. The molecule has 1 saturated heterocycles. The van der Waals surface area contributed by atoms with E-state index in [0.717, 1.165) is 18.2 Å². The first-order chi connectivity index (χ1) is 11.4. The van der Waals surface area contributed by atoms with Crippen LogP contribution in [0.5, 0.6) is 0 Å². The van der Waals surface area contributed by atoms with Gasteiger partial charge in [-0.25, -0.2) is 8.78 Å². The van der Waals surface area contributed by atoms with Gasteiger partial charge >= 0.3 is 0 Å². The van der Waals surface area contributed by atoms with Gasteiger partial charge in [-0.1, -0.05) is 6.07 Å². The monoisotopic (exact) mass is 334 g/mol. The third-order valence-electron chi connectivity index (χ3n) is 4.26. The van der Waals surface area contributed by atoms with Crippen molar-refractivity contribution in [2.24, 2.45) is 7.05 Å². The van der Waals surface area contributed by atoms with E-state index < -0.39 is 29.7 Å². The number of rotatable bonds is 2. The lowest BCUT2D eigenvalue weighted by atomic mass is 10.0. The molecular formula is C17H16F2N2O3. The Hall–Kier alpha value is -2.54. The topological polar surface area (TPSA) is 62.5 Å². The van der Waals surface area contributed by atoms with Crippen molar-refractivity contribution in [3.05, 3.63) is 69.6 Å². The Bertz CT molecular complexity index is 850. The van der Waals surface area contributed by atoms with Crippen LogP contribution in [-0.2, 0) is 7.05 Å². The van der Waals surface area contributed by atoms with Crippen LogP contribution in [0.25, 0.3) is 0 Å². The van der Waals surface area contributed by atoms with E-state index in [1.165, 1.54) is 34.7 Å². The standard InChI is InChI=1S/C17H16F2N2O3/c1-20-14(3-2-4-16(20)23)17(24)21-9-11(22)8-15(21)12-7-10(18)5-6-13(12)19/h2-7,11,15,22H,8-9H2,1H3. The number of hydrogen-bond donors (Lipinski definition) is 1. The summed E-state index contributed by atoms with van der Waals surface area (Å²) in [7, 11) is 1.46. The number of halogens is 2. The van der Waals surface area contributed by atoms with E-state index in [9.17, 15) is 23.5 Å². The number of likely N-dealkylation sites (tertiary alicyclic amines) is 1. The number of aromatic nitrogens is 1. The first-order valence-corrected chi connectivity index (χ1v) is 7.48. The van der Waals surface area contributed by atoms with Gasteiger partial charge in [-0.3, -0.25) is 9.59 Å². The summed E-state index contributed by atoms with van der Waals surface area (Å²) in [6.07, 6.45) is -0.741. The molecule has 3 rings (SSSR count). The second-order valence-electron chi connectivity index (χ2n) is 5.84. The average molecular weight is 334 g/mol. The molecule has 2 heterocycles. The van der Waals surface area contributed by atoms with Crippen molar-refractivity contribution in [2.75, 3.05) is 6.54 Å². The van der Waals surface area contributed by atoms with Gasteiger partial charge in [0.1, 0.15) is 17.3 Å². The van der Waals surface area contributed by atoms with Crippen molar-refractivity contribution >= 4 is 5.91 Å². The molecule has 1 N–H and O–H groups in total. The molecule has 0 bridgehead atoms. The van der Waals surface area contributed by atoms with Crippen LogP contribution in [0.3, 0.4) is 0 Å². The molecule has 5 nitrogen and oxygen atoms in total. The Labute approximate surface area is 136 Å². The zero-order valence-corrected chi connectivity index (χ0v) is 12.9. The van der Waals surface area contributed by atoms with Crippen molar-refractivity contribution in [3.63, 3.8) is 0 Å². The number of pyridine rings is 1. The van der Waals surface area contributed by atoms with Gasteiger partial charge in [0, 0.05) is 25.2 Å². The maximum Gasteiger partial charge on any atom is 0.271 e. The lowest BCUT2D eigenvalue weighted by molar-refractivity contribution is 0.0702. The summed E-state index contributed by atoms with van der Waals surface area (Å²) in [5.41, 5.74) is -0.215. The van der Waals surface area contributed by atoms with E-state index in [-0.39, 0.29) is 29.8 Å². The lowest BCUT2D eigenvalue weighted by Crippen LogP contribution is -2.35. The first kappa shape index (κ1) is 16.3. The smallest absolute Gasteiger partial charge is 0.271 e. The van der Waals surface area contributed by atoms with Crippen molar-refractivity contribution in [1.82, 2.24) is 9.47 Å². The number of β-amino-alcohol motifs (C(OH)–C–C–N with tert-alkyl or cyclic N) is 1. The molecule has 2 atom stereocenters. The first-order valence-electron chi connectivity index (χ1n) is 7.48. The van der Waals surface area contributed by atoms with E-state index in [1.807, 2.05) is 0 Å². The number of carbonyl (C=O) groups is 1. The van der Waals surface area contributed by atoms with Crippen LogP contribution in [0.2, 0.25) is 0 Å². The Morgan fingerprint density at radius 3 is 2.75 bits per heavy atom. The van der Waals surface area contributed by atoms with Crippen LogP contribution in [0.4, 0.5) is 8.78 Å². The minimum Gasteiger partial charge on any atom is -0.391 e. The zero-order chi connectivity index (χ0) is 17.4. The number of hydrogen-bond acceptors (Lipinski definition) is 3. The third-order valence-corrected chi connectivity index (χ3v) is 4.26. The molecule has 1 aliphatic rings. The summed E-state index contributed by atoms with van der Waals surface area (Å²) >= 11 is 0. The lowest BCUT2D eigenvalue weighted by Gasteiger charge is -2.25. The Morgan fingerprint density at radius 1 is 1.25 bits per heavy atom. The molecule has 7 heteroatoms. The second-order valence-corrected chi connectivity index (χ2v) is 5.84. The minimum atomic E-state index is -0.845. The molecule has 2 aromatic rings. The van der Waals surface area contributed by atoms with Crippen LogP contribution >= 0.6 is 0 Å². The summed E-state index contributed by atoms with van der Waals surface area (Å²) in [5, 5.41) is 9.93. The van der Waals surface area contributed by atoms with E-state index in [1.54, 1.807) is 0 Å². The molecule has 126 valence electrons. The van der Waals surface area contributed by atoms with E-state index in [0.29, 0.717) is 0 Å². The SMILES string of the molecule is Cn1c(C(=O)N2CC(O)CC2c2cc(F)ccc2F)cccc1=O. The molecule has 1 aromatic carbocycles. The largest absolute Gasteiger partial charge is 0.391 e. The van der Waals surface area contributed by atoms with Gasteiger partial charge in [-0.2, -0.15) is 0 Å². The normalized spacial score (nSPS) is 20.4. The van der Waals surface area contributed by atoms with Crippen molar-refractivity contribution in [1.29, 1.82) is 0 Å². The number of aliphatic hydroxyl groups is 1. The van der Waals surface area contributed by atoms with E-state index in [2.05, 4.69) is 0 Å². The summed E-state index contributed by atoms with van der Waals surface area (Å²) in [6, 6.07) is 6.49. The maximum absolute atomic E-state index is 14.1. The number of nitrogens with zero attached hydrogens (tertiary/aromatic N) is 2. The van der Waals surface area contributed by atoms with Gasteiger partial charge in [0.2, 0.25) is 0 Å². The Morgan fingerprint density at radius 2 is 2.00 bits per heavy atom. The molecule has 1 amide bonds. The number of amides is 1. The van der Waals surface area contributed by atoms with Crippen LogP contribution in [0, 0.1) is 11.6 Å². The number of carbonyl (C=O) groups excluding carboxylic acids is 1. The summed E-state index contributed by atoms with van der Waals surface area (Å²) in [5.74, 6) is -1.78. The molecule has 2 unspecified atom stereocenters. The molecule has 1 aliphatic heterocycles. The quantitative estimate of drug-likeness (QED) is 0.908. The fraction of sp³-hybridized carbons (Fsp3) is 0.294.